The number of rotatable bonds is 3. The molecule has 2 aromatic heterocycles. The molecular weight excluding hydrogens is 386 g/mol. The fourth-order valence-corrected chi connectivity index (χ4v) is 5.01. The van der Waals surface area contributed by atoms with Crippen LogP contribution in [0.2, 0.25) is 0 Å². The molecule has 5 rings (SSSR count). The van der Waals surface area contributed by atoms with Crippen molar-refractivity contribution in [2.45, 2.75) is 63.5 Å². The molecule has 0 aliphatic heterocycles. The first-order valence-electron chi connectivity index (χ1n) is 10.3. The van der Waals surface area contributed by atoms with E-state index >= 15 is 0 Å². The molecule has 0 unspecified atom stereocenters. The standard InChI is InChI=1S/C21H23N5O2S/c27-20-12-13-3-1-2-4-17(13)23-26(20)16-8-6-15(7-9-16)22-21(28)14-5-10-18-19(11-14)25-29-24-18/h5,10-12,15-16H,1-4,6-9H2,(H,22,28). The van der Waals surface area contributed by atoms with E-state index in [-0.39, 0.29) is 23.6 Å². The van der Waals surface area contributed by atoms with Crippen molar-refractivity contribution < 1.29 is 4.79 Å². The maximum Gasteiger partial charge on any atom is 0.267 e. The van der Waals surface area contributed by atoms with Gasteiger partial charge in [-0.3, -0.25) is 9.59 Å². The first-order valence-corrected chi connectivity index (χ1v) is 11.1. The molecule has 0 spiro atoms. The summed E-state index contributed by atoms with van der Waals surface area (Å²) in [6.07, 6.45) is 7.65. The number of hydrogen-bond acceptors (Lipinski definition) is 6. The highest BCUT2D eigenvalue weighted by Crippen LogP contribution is 2.28. The van der Waals surface area contributed by atoms with E-state index in [9.17, 15) is 9.59 Å². The molecule has 29 heavy (non-hydrogen) atoms. The third kappa shape index (κ3) is 3.69. The Morgan fingerprint density at radius 2 is 1.83 bits per heavy atom. The van der Waals surface area contributed by atoms with Crippen molar-refractivity contribution in [1.29, 1.82) is 0 Å². The molecular formula is C21H23N5O2S. The monoisotopic (exact) mass is 409 g/mol. The number of hydrogen-bond donors (Lipinski definition) is 1. The van der Waals surface area contributed by atoms with Crippen LogP contribution in [0.15, 0.2) is 29.1 Å². The number of aromatic nitrogens is 4. The van der Waals surface area contributed by atoms with Gasteiger partial charge in [-0.15, -0.1) is 0 Å². The zero-order valence-corrected chi connectivity index (χ0v) is 17.0. The second kappa shape index (κ2) is 7.67. The predicted molar refractivity (Wildman–Crippen MR) is 111 cm³/mol. The van der Waals surface area contributed by atoms with Crippen LogP contribution in [0.5, 0.6) is 0 Å². The van der Waals surface area contributed by atoms with Crippen molar-refractivity contribution in [3.8, 4) is 0 Å². The molecule has 0 saturated heterocycles. The summed E-state index contributed by atoms with van der Waals surface area (Å²) in [5.74, 6) is -0.0765. The summed E-state index contributed by atoms with van der Waals surface area (Å²) in [5.41, 5.74) is 4.42. The second-order valence-electron chi connectivity index (χ2n) is 8.05. The van der Waals surface area contributed by atoms with Crippen molar-refractivity contribution in [3.05, 3.63) is 51.4 Å². The van der Waals surface area contributed by atoms with Gasteiger partial charge in [0, 0.05) is 17.7 Å². The topological polar surface area (TPSA) is 89.8 Å². The predicted octanol–water partition coefficient (Wildman–Crippen LogP) is 3.04. The zero-order valence-electron chi connectivity index (χ0n) is 16.1. The van der Waals surface area contributed by atoms with E-state index < -0.39 is 0 Å². The summed E-state index contributed by atoms with van der Waals surface area (Å²) >= 11 is 1.15. The van der Waals surface area contributed by atoms with Gasteiger partial charge in [0.2, 0.25) is 0 Å². The van der Waals surface area contributed by atoms with Gasteiger partial charge in [0.25, 0.3) is 11.5 Å². The summed E-state index contributed by atoms with van der Waals surface area (Å²) < 4.78 is 10.1. The molecule has 0 bridgehead atoms. The van der Waals surface area contributed by atoms with Gasteiger partial charge >= 0.3 is 0 Å². The lowest BCUT2D eigenvalue weighted by Gasteiger charge is -2.30. The molecule has 7 nitrogen and oxygen atoms in total. The fraction of sp³-hybridized carbons (Fsp3) is 0.476. The van der Waals surface area contributed by atoms with Crippen molar-refractivity contribution >= 4 is 28.7 Å². The van der Waals surface area contributed by atoms with Gasteiger partial charge in [0.1, 0.15) is 11.0 Å². The minimum absolute atomic E-state index is 0.0170. The Balaban J connectivity index is 1.23. The number of nitrogens with one attached hydrogen (secondary N) is 1. The number of carbonyl (C=O) groups excluding carboxylic acids is 1. The normalized spacial score (nSPS) is 21.7. The van der Waals surface area contributed by atoms with Crippen LogP contribution in [0.1, 0.15) is 66.2 Å². The highest BCUT2D eigenvalue weighted by molar-refractivity contribution is 7.00. The second-order valence-corrected chi connectivity index (χ2v) is 8.58. The Morgan fingerprint density at radius 3 is 2.69 bits per heavy atom. The van der Waals surface area contributed by atoms with Gasteiger partial charge in [-0.2, -0.15) is 13.8 Å². The van der Waals surface area contributed by atoms with Crippen LogP contribution in [-0.2, 0) is 12.8 Å². The van der Waals surface area contributed by atoms with Crippen LogP contribution >= 0.6 is 11.7 Å². The first kappa shape index (κ1) is 18.4. The minimum atomic E-state index is -0.0765. The van der Waals surface area contributed by atoms with E-state index in [1.54, 1.807) is 22.9 Å². The van der Waals surface area contributed by atoms with Gasteiger partial charge < -0.3 is 5.32 Å². The number of amides is 1. The Morgan fingerprint density at radius 1 is 1.03 bits per heavy atom. The highest BCUT2D eigenvalue weighted by atomic mass is 32.1. The van der Waals surface area contributed by atoms with E-state index in [0.717, 1.165) is 85.4 Å². The van der Waals surface area contributed by atoms with Crippen LogP contribution in [0, 0.1) is 0 Å². The smallest absolute Gasteiger partial charge is 0.267 e. The molecule has 2 aliphatic carbocycles. The molecule has 1 fully saturated rings. The van der Waals surface area contributed by atoms with Gasteiger partial charge in [-0.05, 0) is 75.1 Å². The molecule has 8 heteroatoms. The molecule has 0 atom stereocenters. The highest BCUT2D eigenvalue weighted by Gasteiger charge is 2.26. The molecule has 150 valence electrons. The van der Waals surface area contributed by atoms with E-state index in [1.807, 2.05) is 6.07 Å². The number of carbonyl (C=O) groups is 1. The average Bonchev–Trinajstić information content (AvgIpc) is 3.22. The Labute approximate surface area is 172 Å². The Hall–Kier alpha value is -2.61. The SMILES string of the molecule is O=C(NC1CCC(n2nc3c(cc2=O)CCCC3)CC1)c1ccc2nsnc2c1. The summed E-state index contributed by atoms with van der Waals surface area (Å²) in [7, 11) is 0. The van der Waals surface area contributed by atoms with Gasteiger partial charge in [-0.1, -0.05) is 0 Å². The number of nitrogens with zero attached hydrogens (tertiary/aromatic N) is 4. The van der Waals surface area contributed by atoms with E-state index in [1.165, 1.54) is 0 Å². The van der Waals surface area contributed by atoms with Crippen LogP contribution in [0.3, 0.4) is 0 Å². The molecule has 2 aliphatic rings. The summed E-state index contributed by atoms with van der Waals surface area (Å²) in [6, 6.07) is 7.45. The lowest BCUT2D eigenvalue weighted by atomic mass is 9.90. The summed E-state index contributed by atoms with van der Waals surface area (Å²) in [4.78, 5) is 25.2. The van der Waals surface area contributed by atoms with Crippen LogP contribution < -0.4 is 10.9 Å². The van der Waals surface area contributed by atoms with Crippen LogP contribution in [0.4, 0.5) is 0 Å². The maximum absolute atomic E-state index is 12.6. The van der Waals surface area contributed by atoms with Gasteiger partial charge in [0.05, 0.1) is 23.5 Å². The third-order valence-corrected chi connectivity index (χ3v) is 6.68. The average molecular weight is 410 g/mol. The molecule has 1 amide bonds. The van der Waals surface area contributed by atoms with Crippen molar-refractivity contribution in [2.24, 2.45) is 0 Å². The molecule has 1 saturated carbocycles. The molecule has 3 aromatic rings. The van der Waals surface area contributed by atoms with E-state index in [0.29, 0.717) is 5.56 Å². The molecule has 1 N–H and O–H groups in total. The summed E-state index contributed by atoms with van der Waals surface area (Å²) in [6.45, 7) is 0. The van der Waals surface area contributed by atoms with Crippen molar-refractivity contribution in [1.82, 2.24) is 23.8 Å². The molecule has 2 heterocycles. The zero-order chi connectivity index (χ0) is 19.8. The lowest BCUT2D eigenvalue weighted by molar-refractivity contribution is 0.0921. The quantitative estimate of drug-likeness (QED) is 0.718. The largest absolute Gasteiger partial charge is 0.349 e. The maximum atomic E-state index is 12.6. The Kier molecular flexibility index (Phi) is 4.87. The number of aryl methyl sites for hydroxylation is 2. The van der Waals surface area contributed by atoms with Gasteiger partial charge in [0.15, 0.2) is 0 Å². The van der Waals surface area contributed by atoms with Crippen LogP contribution in [0.25, 0.3) is 11.0 Å². The van der Waals surface area contributed by atoms with Crippen molar-refractivity contribution in [2.75, 3.05) is 0 Å². The molecule has 1 aromatic carbocycles. The first-order chi connectivity index (χ1) is 14.2. The van der Waals surface area contributed by atoms with Gasteiger partial charge in [-0.25, -0.2) is 4.68 Å². The summed E-state index contributed by atoms with van der Waals surface area (Å²) in [5, 5.41) is 7.84. The fourth-order valence-electron chi connectivity index (χ4n) is 4.50. The third-order valence-electron chi connectivity index (χ3n) is 6.13. The Bertz CT molecular complexity index is 1110. The van der Waals surface area contributed by atoms with E-state index in [4.69, 9.17) is 5.10 Å². The van der Waals surface area contributed by atoms with Crippen molar-refractivity contribution in [3.63, 3.8) is 0 Å². The lowest BCUT2D eigenvalue weighted by Crippen LogP contribution is -2.40. The minimum Gasteiger partial charge on any atom is -0.349 e. The van der Waals surface area contributed by atoms with E-state index in [2.05, 4.69) is 14.1 Å². The number of fused-ring (bicyclic) bond motifs is 2. The molecule has 0 radical (unpaired) electrons. The van der Waals surface area contributed by atoms with Crippen LogP contribution in [-0.4, -0.2) is 30.5 Å². The number of benzene rings is 1.